The fourth-order valence-corrected chi connectivity index (χ4v) is 9.28. The zero-order valence-corrected chi connectivity index (χ0v) is 24.4. The largest absolute Gasteiger partial charge is 0.460 e. The van der Waals surface area contributed by atoms with Crippen LogP contribution >= 0.6 is 0 Å². The molecule has 0 aromatic heterocycles. The van der Waals surface area contributed by atoms with Crippen molar-refractivity contribution in [1.29, 1.82) is 0 Å². The van der Waals surface area contributed by atoms with Gasteiger partial charge in [-0.2, -0.15) is 30.7 Å². The smallest absolute Gasteiger partial charge is 0.457 e. The number of rotatable bonds is 8. The molecular formula is C31H45F7O2. The summed E-state index contributed by atoms with van der Waals surface area (Å²) in [6.45, 7) is 11.6. The van der Waals surface area contributed by atoms with Gasteiger partial charge in [0.1, 0.15) is 6.10 Å². The molecule has 3 saturated carbocycles. The Kier molecular flexibility index (Phi) is 8.52. The summed E-state index contributed by atoms with van der Waals surface area (Å²) in [5.74, 6) is -11.7. The maximum Gasteiger partial charge on any atom is 0.460 e. The maximum absolute atomic E-state index is 13.9. The molecule has 230 valence electrons. The van der Waals surface area contributed by atoms with Crippen molar-refractivity contribution in [1.82, 2.24) is 0 Å². The number of esters is 1. The number of alkyl halides is 7. The highest BCUT2D eigenvalue weighted by Crippen LogP contribution is 2.67. The molecule has 0 radical (unpaired) electrons. The molecule has 2 nitrogen and oxygen atoms in total. The van der Waals surface area contributed by atoms with E-state index in [4.69, 9.17) is 0 Å². The van der Waals surface area contributed by atoms with Gasteiger partial charge in [-0.15, -0.1) is 0 Å². The maximum atomic E-state index is 13.9. The summed E-state index contributed by atoms with van der Waals surface area (Å²) in [6.07, 6.45) is 4.45. The number of halogens is 7. The molecule has 0 unspecified atom stereocenters. The van der Waals surface area contributed by atoms with Crippen molar-refractivity contribution in [2.24, 2.45) is 46.3 Å². The van der Waals surface area contributed by atoms with Crippen LogP contribution in [0.2, 0.25) is 0 Å². The van der Waals surface area contributed by atoms with Crippen molar-refractivity contribution in [2.75, 3.05) is 0 Å². The molecule has 0 spiro atoms. The first-order chi connectivity index (χ1) is 18.4. The second-order valence-corrected chi connectivity index (χ2v) is 14.2. The Morgan fingerprint density at radius 1 is 0.950 bits per heavy atom. The first kappa shape index (κ1) is 31.7. The molecule has 8 atom stereocenters. The molecule has 0 saturated heterocycles. The highest BCUT2D eigenvalue weighted by molar-refractivity contribution is 5.79. The Balaban J connectivity index is 1.44. The van der Waals surface area contributed by atoms with Gasteiger partial charge in [-0.1, -0.05) is 65.5 Å². The normalized spacial score (nSPS) is 37.3. The van der Waals surface area contributed by atoms with Crippen molar-refractivity contribution >= 4 is 5.97 Å². The molecule has 0 N–H and O–H groups in total. The van der Waals surface area contributed by atoms with Crippen molar-refractivity contribution in [3.63, 3.8) is 0 Å². The molecule has 40 heavy (non-hydrogen) atoms. The first-order valence-corrected chi connectivity index (χ1v) is 15.1. The topological polar surface area (TPSA) is 26.3 Å². The Labute approximate surface area is 233 Å². The minimum atomic E-state index is -6.57. The molecule has 0 amide bonds. The van der Waals surface area contributed by atoms with Crippen LogP contribution in [-0.2, 0) is 9.53 Å². The fraction of sp³-hybridized carbons (Fsp3) is 0.903. The van der Waals surface area contributed by atoms with Gasteiger partial charge in [0.2, 0.25) is 0 Å². The Bertz CT molecular complexity index is 973. The zero-order chi connectivity index (χ0) is 29.9. The van der Waals surface area contributed by atoms with E-state index in [-0.39, 0.29) is 18.3 Å². The van der Waals surface area contributed by atoms with Gasteiger partial charge in [-0.3, -0.25) is 0 Å². The second kappa shape index (κ2) is 10.8. The monoisotopic (exact) mass is 582 g/mol. The highest BCUT2D eigenvalue weighted by atomic mass is 19.4. The molecule has 9 heteroatoms. The summed E-state index contributed by atoms with van der Waals surface area (Å²) in [5.41, 5.74) is 1.04. The van der Waals surface area contributed by atoms with E-state index in [1.54, 1.807) is 0 Å². The van der Waals surface area contributed by atoms with Gasteiger partial charge in [-0.25, -0.2) is 4.79 Å². The van der Waals surface area contributed by atoms with E-state index in [2.05, 4.69) is 45.4 Å². The van der Waals surface area contributed by atoms with Gasteiger partial charge in [-0.05, 0) is 91.3 Å². The predicted molar refractivity (Wildman–Crippen MR) is 139 cm³/mol. The minimum Gasteiger partial charge on any atom is -0.457 e. The molecule has 0 bridgehead atoms. The third kappa shape index (κ3) is 5.22. The Morgan fingerprint density at radius 2 is 1.62 bits per heavy atom. The Morgan fingerprint density at radius 3 is 2.25 bits per heavy atom. The van der Waals surface area contributed by atoms with E-state index in [9.17, 15) is 35.5 Å². The van der Waals surface area contributed by atoms with E-state index in [0.717, 1.165) is 30.8 Å². The summed E-state index contributed by atoms with van der Waals surface area (Å²) < 4.78 is 96.6. The number of ether oxygens (including phenoxy) is 1. The number of allylic oxidation sites excluding steroid dienone is 1. The molecule has 4 aliphatic carbocycles. The first-order valence-electron chi connectivity index (χ1n) is 15.1. The van der Waals surface area contributed by atoms with Gasteiger partial charge in [0.15, 0.2) is 0 Å². The summed E-state index contributed by atoms with van der Waals surface area (Å²) in [4.78, 5) is 11.9. The Hall–Kier alpha value is -1.28. The van der Waals surface area contributed by atoms with Gasteiger partial charge >= 0.3 is 24.0 Å². The molecule has 0 heterocycles. The van der Waals surface area contributed by atoms with Crippen molar-refractivity contribution in [3.05, 3.63) is 11.6 Å². The van der Waals surface area contributed by atoms with Crippen LogP contribution < -0.4 is 0 Å². The van der Waals surface area contributed by atoms with Gasteiger partial charge < -0.3 is 4.74 Å². The fourth-order valence-electron chi connectivity index (χ4n) is 9.28. The quantitative estimate of drug-likeness (QED) is 0.162. The molecule has 0 aliphatic heterocycles. The highest BCUT2D eigenvalue weighted by Gasteiger charge is 2.77. The number of carbonyl (C=O) groups is 1. The standard InChI is InChI=1S/C31H45F7O2/c1-18(2)7-6-8-19(3)23-11-12-24-22-10-9-20-17-21(13-15-27(20,4)25(22)14-16-28(23,24)5)40-26(39)29(32,33)30(34,35)31(36,37)38/h9,18-19,21-25H,6-8,10-17H2,1-5H3/t19-,21+,22+,23-,24+,25+,27+,28-/m1/s1. The van der Waals surface area contributed by atoms with Crippen molar-refractivity contribution in [2.45, 2.75) is 129 Å². The lowest BCUT2D eigenvalue weighted by Gasteiger charge is -2.58. The van der Waals surface area contributed by atoms with Crippen molar-refractivity contribution in [3.8, 4) is 0 Å². The average Bonchev–Trinajstić information content (AvgIpc) is 3.20. The lowest BCUT2D eigenvalue weighted by atomic mass is 9.47. The summed E-state index contributed by atoms with van der Waals surface area (Å²) in [6, 6.07) is 0. The van der Waals surface area contributed by atoms with E-state index in [1.807, 2.05) is 0 Å². The SMILES string of the molecule is CC(C)CCC[C@@H](C)[C@H]1CC[C@H]2[C@@H]3CC=C4C[C@@H](OC(=O)C(F)(F)C(F)(F)C(F)(F)F)CC[C@]4(C)[C@H]3CC[C@]12C. The summed E-state index contributed by atoms with van der Waals surface area (Å²) >= 11 is 0. The van der Waals surface area contributed by atoms with Crippen molar-refractivity contribution < 1.29 is 40.3 Å². The van der Waals surface area contributed by atoms with Gasteiger partial charge in [0.25, 0.3) is 0 Å². The third-order valence-electron chi connectivity index (χ3n) is 11.5. The van der Waals surface area contributed by atoms with Crippen LogP contribution in [0, 0.1) is 46.3 Å². The third-order valence-corrected chi connectivity index (χ3v) is 11.5. The lowest BCUT2D eigenvalue weighted by Crippen LogP contribution is -2.57. The van der Waals surface area contributed by atoms with E-state index >= 15 is 0 Å². The van der Waals surface area contributed by atoms with Crippen LogP contribution in [0.3, 0.4) is 0 Å². The average molecular weight is 583 g/mol. The number of fused-ring (bicyclic) bond motifs is 5. The second-order valence-electron chi connectivity index (χ2n) is 14.2. The number of hydrogen-bond acceptors (Lipinski definition) is 2. The van der Waals surface area contributed by atoms with Crippen LogP contribution in [0.1, 0.15) is 105 Å². The number of hydrogen-bond donors (Lipinski definition) is 0. The lowest BCUT2D eigenvalue weighted by molar-refractivity contribution is -0.349. The minimum absolute atomic E-state index is 0.0938. The van der Waals surface area contributed by atoms with Crippen LogP contribution in [0.4, 0.5) is 30.7 Å². The number of carbonyl (C=O) groups excluding carboxylic acids is 1. The summed E-state index contributed by atoms with van der Waals surface area (Å²) in [7, 11) is 0. The van der Waals surface area contributed by atoms with Crippen LogP contribution in [0.5, 0.6) is 0 Å². The van der Waals surface area contributed by atoms with E-state index in [1.165, 1.54) is 32.1 Å². The van der Waals surface area contributed by atoms with Crippen LogP contribution in [-0.4, -0.2) is 30.1 Å². The van der Waals surface area contributed by atoms with Crippen LogP contribution in [0.15, 0.2) is 11.6 Å². The molecular weight excluding hydrogens is 537 g/mol. The molecule has 0 aromatic carbocycles. The molecule has 4 rings (SSSR count). The predicted octanol–water partition coefficient (Wildman–Crippen LogP) is 9.77. The van der Waals surface area contributed by atoms with E-state index in [0.29, 0.717) is 41.4 Å². The zero-order valence-electron chi connectivity index (χ0n) is 24.4. The van der Waals surface area contributed by atoms with E-state index < -0.39 is 30.1 Å². The molecule has 0 aromatic rings. The molecule has 4 aliphatic rings. The summed E-state index contributed by atoms with van der Waals surface area (Å²) in [5, 5.41) is 0. The van der Waals surface area contributed by atoms with Crippen LogP contribution in [0.25, 0.3) is 0 Å². The van der Waals surface area contributed by atoms with Gasteiger partial charge in [0.05, 0.1) is 0 Å². The van der Waals surface area contributed by atoms with Gasteiger partial charge in [0, 0.05) is 6.42 Å². The molecule has 3 fully saturated rings.